The van der Waals surface area contributed by atoms with Gasteiger partial charge in [0.25, 0.3) is 0 Å². The van der Waals surface area contributed by atoms with Gasteiger partial charge in [0.05, 0.1) is 23.8 Å². The summed E-state index contributed by atoms with van der Waals surface area (Å²) in [6, 6.07) is 8.32. The first-order chi connectivity index (χ1) is 9.60. The largest absolute Gasteiger partial charge is 0.393 e. The molecule has 4 nitrogen and oxygen atoms in total. The minimum Gasteiger partial charge on any atom is -0.393 e. The fourth-order valence-electron chi connectivity index (χ4n) is 3.73. The van der Waals surface area contributed by atoms with Crippen molar-refractivity contribution in [1.82, 2.24) is 0 Å². The van der Waals surface area contributed by atoms with E-state index in [1.807, 2.05) is 12.1 Å². The van der Waals surface area contributed by atoms with E-state index in [1.54, 1.807) is 13.0 Å². The Kier molecular flexibility index (Phi) is 3.41. The van der Waals surface area contributed by atoms with E-state index in [1.165, 1.54) is 0 Å². The second-order valence-corrected chi connectivity index (χ2v) is 5.98. The highest BCUT2D eigenvalue weighted by Gasteiger charge is 2.41. The first-order valence-corrected chi connectivity index (χ1v) is 7.28. The van der Waals surface area contributed by atoms with Crippen molar-refractivity contribution in [2.75, 3.05) is 4.90 Å². The molecule has 1 aromatic rings. The second kappa shape index (κ2) is 5.08. The van der Waals surface area contributed by atoms with E-state index in [0.717, 1.165) is 36.9 Å². The van der Waals surface area contributed by atoms with Gasteiger partial charge in [0.1, 0.15) is 0 Å². The zero-order valence-corrected chi connectivity index (χ0v) is 11.7. The van der Waals surface area contributed by atoms with Crippen LogP contribution in [0.25, 0.3) is 0 Å². The highest BCUT2D eigenvalue weighted by molar-refractivity contribution is 5.61. The van der Waals surface area contributed by atoms with Crippen molar-refractivity contribution in [3.8, 4) is 6.07 Å². The molecule has 2 saturated heterocycles. The third-order valence-corrected chi connectivity index (χ3v) is 4.60. The van der Waals surface area contributed by atoms with E-state index in [4.69, 9.17) is 5.26 Å². The summed E-state index contributed by atoms with van der Waals surface area (Å²) < 4.78 is 0. The summed E-state index contributed by atoms with van der Waals surface area (Å²) in [5.41, 5.74) is 2.46. The molecule has 2 aliphatic rings. The van der Waals surface area contributed by atoms with Gasteiger partial charge in [-0.1, -0.05) is 6.07 Å². The minimum atomic E-state index is -0.552. The predicted molar refractivity (Wildman–Crippen MR) is 76.3 cm³/mol. The summed E-state index contributed by atoms with van der Waals surface area (Å²) in [6.45, 7) is 1.76. The van der Waals surface area contributed by atoms with Gasteiger partial charge in [-0.2, -0.15) is 5.26 Å². The van der Waals surface area contributed by atoms with Gasteiger partial charge in [-0.25, -0.2) is 0 Å². The van der Waals surface area contributed by atoms with Crippen molar-refractivity contribution in [2.24, 2.45) is 0 Å². The fourth-order valence-corrected chi connectivity index (χ4v) is 3.73. The Morgan fingerprint density at radius 2 is 1.95 bits per heavy atom. The van der Waals surface area contributed by atoms with Crippen LogP contribution >= 0.6 is 0 Å². The summed E-state index contributed by atoms with van der Waals surface area (Å²) in [7, 11) is 0. The third kappa shape index (κ3) is 2.17. The number of hydrogen-bond acceptors (Lipinski definition) is 4. The molecule has 0 aliphatic carbocycles. The van der Waals surface area contributed by atoms with Gasteiger partial charge in [0.2, 0.25) is 0 Å². The van der Waals surface area contributed by atoms with Crippen LogP contribution in [-0.4, -0.2) is 28.4 Å². The summed E-state index contributed by atoms with van der Waals surface area (Å²) in [4.78, 5) is 2.33. The van der Waals surface area contributed by atoms with Crippen molar-refractivity contribution >= 4 is 5.69 Å². The molecule has 2 N–H and O–H groups in total. The number of rotatable bonds is 2. The first-order valence-electron chi connectivity index (χ1n) is 7.28. The molecule has 1 aromatic carbocycles. The molecule has 2 aliphatic heterocycles. The molecule has 3 rings (SSSR count). The molecular weight excluding hydrogens is 252 g/mol. The maximum absolute atomic E-state index is 9.98. The average molecular weight is 272 g/mol. The molecule has 0 saturated carbocycles. The van der Waals surface area contributed by atoms with Gasteiger partial charge < -0.3 is 15.1 Å². The monoisotopic (exact) mass is 272 g/mol. The third-order valence-electron chi connectivity index (χ3n) is 4.60. The summed E-state index contributed by atoms with van der Waals surface area (Å²) >= 11 is 0. The molecule has 2 unspecified atom stereocenters. The number of anilines is 1. The summed E-state index contributed by atoms with van der Waals surface area (Å²) in [6.07, 6.45) is 2.97. The zero-order chi connectivity index (χ0) is 14.3. The number of aliphatic hydroxyl groups is 2. The molecule has 0 radical (unpaired) electrons. The van der Waals surface area contributed by atoms with Crippen LogP contribution in [0.3, 0.4) is 0 Å². The molecule has 4 heteroatoms. The molecule has 106 valence electrons. The van der Waals surface area contributed by atoms with Crippen LogP contribution in [0, 0.1) is 11.3 Å². The van der Waals surface area contributed by atoms with Crippen LogP contribution in [0.5, 0.6) is 0 Å². The number of hydrogen-bond donors (Lipinski definition) is 2. The van der Waals surface area contributed by atoms with Crippen LogP contribution in [0.1, 0.15) is 49.8 Å². The van der Waals surface area contributed by atoms with E-state index >= 15 is 0 Å². The van der Waals surface area contributed by atoms with Crippen LogP contribution in [0.4, 0.5) is 5.69 Å². The van der Waals surface area contributed by atoms with Crippen molar-refractivity contribution in [1.29, 1.82) is 5.26 Å². The highest BCUT2D eigenvalue weighted by atomic mass is 16.3. The van der Waals surface area contributed by atoms with E-state index in [2.05, 4.69) is 11.0 Å². The number of piperidine rings is 1. The summed E-state index contributed by atoms with van der Waals surface area (Å²) in [5.74, 6) is 0. The Morgan fingerprint density at radius 1 is 1.30 bits per heavy atom. The average Bonchev–Trinajstić information content (AvgIpc) is 2.70. The van der Waals surface area contributed by atoms with Gasteiger partial charge in [-0.3, -0.25) is 0 Å². The van der Waals surface area contributed by atoms with Crippen molar-refractivity contribution in [3.05, 3.63) is 29.3 Å². The van der Waals surface area contributed by atoms with E-state index in [9.17, 15) is 10.2 Å². The number of aliphatic hydroxyl groups excluding tert-OH is 2. The lowest BCUT2D eigenvalue weighted by atomic mass is 9.96. The number of nitriles is 1. The number of nitrogens with zero attached hydrogens (tertiary/aromatic N) is 2. The minimum absolute atomic E-state index is 0.210. The molecule has 2 heterocycles. The zero-order valence-electron chi connectivity index (χ0n) is 11.7. The first kappa shape index (κ1) is 13.4. The molecule has 2 fully saturated rings. The number of benzene rings is 1. The molecule has 0 amide bonds. The van der Waals surface area contributed by atoms with Gasteiger partial charge in [-0.05, 0) is 44.7 Å². The smallest absolute Gasteiger partial charge is 0.0992 e. The van der Waals surface area contributed by atoms with E-state index in [-0.39, 0.29) is 6.10 Å². The Hall–Kier alpha value is -1.57. The van der Waals surface area contributed by atoms with Crippen molar-refractivity contribution < 1.29 is 10.2 Å². The van der Waals surface area contributed by atoms with Crippen LogP contribution in [-0.2, 0) is 0 Å². The predicted octanol–water partition coefficient (Wildman–Crippen LogP) is 2.10. The van der Waals surface area contributed by atoms with Crippen LogP contribution in [0.2, 0.25) is 0 Å². The van der Waals surface area contributed by atoms with Gasteiger partial charge in [0.15, 0.2) is 0 Å². The highest BCUT2D eigenvalue weighted by Crippen LogP contribution is 2.42. The standard InChI is InChI=1S/C16H20N2O2/c1-10(19)15-5-2-11(9-17)6-16(15)18-12-3-4-13(18)8-14(20)7-12/h2,5-6,10,12-14,19-20H,3-4,7-8H2,1H3/t10-,12?,13?,14?/m0/s1. The maximum atomic E-state index is 9.98. The normalized spacial score (nSPS) is 30.1. The Bertz CT molecular complexity index is 536. The van der Waals surface area contributed by atoms with E-state index < -0.39 is 6.10 Å². The number of fused-ring (bicyclic) bond motifs is 2. The van der Waals surface area contributed by atoms with Gasteiger partial charge >= 0.3 is 0 Å². The topological polar surface area (TPSA) is 67.5 Å². The lowest BCUT2D eigenvalue weighted by Crippen LogP contribution is -2.45. The molecule has 0 aromatic heterocycles. The molecule has 2 bridgehead atoms. The Labute approximate surface area is 119 Å². The molecule has 20 heavy (non-hydrogen) atoms. The van der Waals surface area contributed by atoms with Gasteiger partial charge in [0, 0.05) is 23.3 Å². The van der Waals surface area contributed by atoms with Crippen molar-refractivity contribution in [2.45, 2.75) is 56.9 Å². The van der Waals surface area contributed by atoms with Crippen molar-refractivity contribution in [3.63, 3.8) is 0 Å². The fraction of sp³-hybridized carbons (Fsp3) is 0.562. The molecule has 0 spiro atoms. The lowest BCUT2D eigenvalue weighted by Gasteiger charge is -2.40. The molecular formula is C16H20N2O2. The van der Waals surface area contributed by atoms with Gasteiger partial charge in [-0.15, -0.1) is 0 Å². The van der Waals surface area contributed by atoms with Crippen LogP contribution in [0.15, 0.2) is 18.2 Å². The summed E-state index contributed by atoms with van der Waals surface area (Å²) in [5, 5.41) is 29.0. The lowest BCUT2D eigenvalue weighted by molar-refractivity contribution is 0.126. The van der Waals surface area contributed by atoms with Crippen LogP contribution < -0.4 is 4.90 Å². The second-order valence-electron chi connectivity index (χ2n) is 5.98. The molecule has 3 atom stereocenters. The van der Waals surface area contributed by atoms with E-state index in [0.29, 0.717) is 17.6 Å². The quantitative estimate of drug-likeness (QED) is 0.865. The Morgan fingerprint density at radius 3 is 2.50 bits per heavy atom. The maximum Gasteiger partial charge on any atom is 0.0992 e. The Balaban J connectivity index is 2.03. The SMILES string of the molecule is C[C@H](O)c1ccc(C#N)cc1N1C2CCC1CC(O)C2.